The fourth-order valence-corrected chi connectivity index (χ4v) is 4.08. The number of aryl methyl sites for hydroxylation is 2. The lowest BCUT2D eigenvalue weighted by atomic mass is 10.1. The summed E-state index contributed by atoms with van der Waals surface area (Å²) in [5, 5.41) is 4.71. The van der Waals surface area contributed by atoms with Gasteiger partial charge >= 0.3 is 0 Å². The molecule has 5 nitrogen and oxygen atoms in total. The number of hydrogen-bond acceptors (Lipinski definition) is 4. The predicted molar refractivity (Wildman–Crippen MR) is 113 cm³/mol. The highest BCUT2D eigenvalue weighted by molar-refractivity contribution is 5.48. The van der Waals surface area contributed by atoms with Crippen molar-refractivity contribution in [2.24, 2.45) is 0 Å². The van der Waals surface area contributed by atoms with Gasteiger partial charge in [-0.2, -0.15) is 5.10 Å². The summed E-state index contributed by atoms with van der Waals surface area (Å²) in [6, 6.07) is 12.3. The third-order valence-corrected chi connectivity index (χ3v) is 5.80. The average molecular weight is 379 g/mol. The minimum Gasteiger partial charge on any atom is -0.297 e. The van der Waals surface area contributed by atoms with Crippen molar-refractivity contribution in [1.82, 2.24) is 19.6 Å². The second-order valence-electron chi connectivity index (χ2n) is 7.89. The van der Waals surface area contributed by atoms with Crippen molar-refractivity contribution in [3.63, 3.8) is 0 Å². The zero-order chi connectivity index (χ0) is 19.2. The lowest BCUT2D eigenvalue weighted by molar-refractivity contribution is 0.108. The molecule has 2 aromatic rings. The number of nitrogens with zero attached hydrogens (tertiary/aromatic N) is 4. The van der Waals surface area contributed by atoms with Crippen LogP contribution in [0.15, 0.2) is 47.3 Å². The van der Waals surface area contributed by atoms with Gasteiger partial charge in [0.15, 0.2) is 0 Å². The molecule has 1 aromatic carbocycles. The Bertz CT molecular complexity index is 851. The van der Waals surface area contributed by atoms with Crippen LogP contribution in [0.5, 0.6) is 0 Å². The molecule has 4 rings (SSSR count). The van der Waals surface area contributed by atoms with Crippen LogP contribution in [0.3, 0.4) is 0 Å². The van der Waals surface area contributed by atoms with Gasteiger partial charge in [0.2, 0.25) is 0 Å². The molecule has 0 bridgehead atoms. The largest absolute Gasteiger partial charge is 0.297 e. The first-order chi connectivity index (χ1) is 13.8. The number of piperazine rings is 1. The number of fused-ring (bicyclic) bond motifs is 1. The lowest BCUT2D eigenvalue weighted by Crippen LogP contribution is -2.48. The normalized spacial score (nSPS) is 18.9. The molecule has 1 aliphatic heterocycles. The Kier molecular flexibility index (Phi) is 6.34. The number of aromatic nitrogens is 2. The third-order valence-electron chi connectivity index (χ3n) is 5.80. The molecule has 148 valence electrons. The van der Waals surface area contributed by atoms with E-state index in [2.05, 4.69) is 46.2 Å². The van der Waals surface area contributed by atoms with Crippen LogP contribution in [-0.2, 0) is 19.5 Å². The van der Waals surface area contributed by atoms with Gasteiger partial charge in [0.05, 0.1) is 12.4 Å². The Balaban J connectivity index is 1.29. The fourth-order valence-electron chi connectivity index (χ4n) is 4.08. The monoisotopic (exact) mass is 378 g/mol. The molecule has 0 unspecified atom stereocenters. The number of hydrogen-bond donors (Lipinski definition) is 0. The number of rotatable bonds is 5. The molecule has 1 aliphatic carbocycles. The SMILES string of the molecule is O=c1cc2c(nn1CN1CCN(CC=Cc3ccccc3)CC1)CCCCC2. The maximum atomic E-state index is 12.5. The van der Waals surface area contributed by atoms with Crippen molar-refractivity contribution in [3.05, 3.63) is 69.6 Å². The quantitative estimate of drug-likeness (QED) is 0.751. The van der Waals surface area contributed by atoms with E-state index in [0.29, 0.717) is 6.67 Å². The van der Waals surface area contributed by atoms with Crippen LogP contribution in [0.25, 0.3) is 6.08 Å². The summed E-state index contributed by atoms with van der Waals surface area (Å²) in [4.78, 5) is 17.3. The fraction of sp³-hybridized carbons (Fsp3) is 0.478. The van der Waals surface area contributed by atoms with Gasteiger partial charge < -0.3 is 0 Å². The van der Waals surface area contributed by atoms with Gasteiger partial charge in [-0.1, -0.05) is 48.9 Å². The van der Waals surface area contributed by atoms with Gasteiger partial charge in [-0.15, -0.1) is 0 Å². The van der Waals surface area contributed by atoms with Crippen LogP contribution < -0.4 is 5.56 Å². The summed E-state index contributed by atoms with van der Waals surface area (Å²) in [7, 11) is 0. The maximum Gasteiger partial charge on any atom is 0.268 e. The van der Waals surface area contributed by atoms with E-state index in [1.165, 1.54) is 30.4 Å². The first-order valence-electron chi connectivity index (χ1n) is 10.5. The highest BCUT2D eigenvalue weighted by atomic mass is 16.1. The minimum absolute atomic E-state index is 0.0499. The van der Waals surface area contributed by atoms with Crippen molar-refractivity contribution in [2.45, 2.75) is 38.8 Å². The zero-order valence-electron chi connectivity index (χ0n) is 16.6. The molecule has 0 radical (unpaired) electrons. The van der Waals surface area contributed by atoms with Crippen molar-refractivity contribution in [2.75, 3.05) is 32.7 Å². The Morgan fingerprint density at radius 2 is 1.68 bits per heavy atom. The molecule has 1 saturated heterocycles. The topological polar surface area (TPSA) is 41.4 Å². The van der Waals surface area contributed by atoms with Crippen LogP contribution in [0, 0.1) is 0 Å². The molecule has 2 heterocycles. The highest BCUT2D eigenvalue weighted by Gasteiger charge is 2.18. The third kappa shape index (κ3) is 4.97. The van der Waals surface area contributed by atoms with E-state index in [1.54, 1.807) is 4.68 Å². The predicted octanol–water partition coefficient (Wildman–Crippen LogP) is 2.80. The van der Waals surface area contributed by atoms with E-state index in [-0.39, 0.29) is 5.56 Å². The Morgan fingerprint density at radius 1 is 0.929 bits per heavy atom. The molecule has 1 fully saturated rings. The molecular weight excluding hydrogens is 348 g/mol. The zero-order valence-corrected chi connectivity index (χ0v) is 16.6. The van der Waals surface area contributed by atoms with Crippen LogP contribution in [0.1, 0.15) is 36.1 Å². The summed E-state index contributed by atoms with van der Waals surface area (Å²) in [6.45, 7) is 5.59. The Hall–Kier alpha value is -2.24. The van der Waals surface area contributed by atoms with Gasteiger partial charge in [-0.3, -0.25) is 14.6 Å². The van der Waals surface area contributed by atoms with Gasteiger partial charge in [0, 0.05) is 38.8 Å². The first-order valence-corrected chi connectivity index (χ1v) is 10.5. The summed E-state index contributed by atoms with van der Waals surface area (Å²) < 4.78 is 1.68. The van der Waals surface area contributed by atoms with Gasteiger partial charge in [-0.25, -0.2) is 4.68 Å². The van der Waals surface area contributed by atoms with E-state index in [1.807, 2.05) is 12.1 Å². The van der Waals surface area contributed by atoms with Crippen LogP contribution >= 0.6 is 0 Å². The maximum absolute atomic E-state index is 12.5. The van der Waals surface area contributed by atoms with Gasteiger partial charge in [0.1, 0.15) is 0 Å². The smallest absolute Gasteiger partial charge is 0.268 e. The molecule has 5 heteroatoms. The second-order valence-corrected chi connectivity index (χ2v) is 7.89. The van der Waals surface area contributed by atoms with Crippen LogP contribution in [0.2, 0.25) is 0 Å². The van der Waals surface area contributed by atoms with E-state index in [0.717, 1.165) is 51.3 Å². The van der Waals surface area contributed by atoms with Crippen molar-refractivity contribution >= 4 is 6.08 Å². The first kappa shape index (κ1) is 19.1. The van der Waals surface area contributed by atoms with Crippen molar-refractivity contribution in [3.8, 4) is 0 Å². The Labute approximate surface area is 167 Å². The number of benzene rings is 1. The van der Waals surface area contributed by atoms with E-state index < -0.39 is 0 Å². The molecule has 0 saturated carbocycles. The molecule has 0 amide bonds. The summed E-state index contributed by atoms with van der Waals surface area (Å²) in [5.74, 6) is 0. The van der Waals surface area contributed by atoms with Gasteiger partial charge in [0.25, 0.3) is 5.56 Å². The van der Waals surface area contributed by atoms with Crippen molar-refractivity contribution in [1.29, 1.82) is 0 Å². The van der Waals surface area contributed by atoms with E-state index >= 15 is 0 Å². The van der Waals surface area contributed by atoms with Crippen LogP contribution in [-0.4, -0.2) is 52.3 Å². The van der Waals surface area contributed by atoms with Gasteiger partial charge in [-0.05, 0) is 36.8 Å². The summed E-state index contributed by atoms with van der Waals surface area (Å²) >= 11 is 0. The van der Waals surface area contributed by atoms with Crippen molar-refractivity contribution < 1.29 is 0 Å². The lowest BCUT2D eigenvalue weighted by Gasteiger charge is -2.34. The minimum atomic E-state index is 0.0499. The summed E-state index contributed by atoms with van der Waals surface area (Å²) in [5.41, 5.74) is 3.61. The average Bonchev–Trinajstić information content (AvgIpc) is 2.95. The molecule has 28 heavy (non-hydrogen) atoms. The molecule has 1 aromatic heterocycles. The summed E-state index contributed by atoms with van der Waals surface area (Å²) in [6.07, 6.45) is 10.1. The molecule has 0 atom stereocenters. The van der Waals surface area contributed by atoms with E-state index in [9.17, 15) is 4.79 Å². The van der Waals surface area contributed by atoms with E-state index in [4.69, 9.17) is 5.10 Å². The highest BCUT2D eigenvalue weighted by Crippen LogP contribution is 2.17. The molecule has 0 N–H and O–H groups in total. The second kappa shape index (κ2) is 9.30. The molecule has 0 spiro atoms. The molecular formula is C23H30N4O. The van der Waals surface area contributed by atoms with Crippen LogP contribution in [0.4, 0.5) is 0 Å². The standard InChI is InChI=1S/C23H30N4O/c28-23-18-21-11-5-2-6-12-22(21)24-27(23)19-26-16-14-25(15-17-26)13-7-10-20-8-3-1-4-9-20/h1,3-4,7-10,18H,2,5-6,11-17,19H2. The molecule has 2 aliphatic rings. The Morgan fingerprint density at radius 3 is 2.50 bits per heavy atom.